The number of hydrogen-bond acceptors (Lipinski definition) is 2. The molecule has 2 atom stereocenters. The Morgan fingerprint density at radius 1 is 0.596 bits per heavy atom. The average Bonchev–Trinajstić information content (AvgIpc) is 3.11. The number of fused-ring (bicyclic) bond motifs is 5. The monoisotopic (exact) mass is 608 g/mol. The lowest BCUT2D eigenvalue weighted by molar-refractivity contribution is 0.614. The molecule has 0 bridgehead atoms. The molecule has 0 N–H and O–H groups in total. The van der Waals surface area contributed by atoms with E-state index in [1.54, 1.807) is 0 Å². The number of para-hydroxylation sites is 1. The lowest BCUT2D eigenvalue weighted by Crippen LogP contribution is -2.36. The number of rotatable bonds is 6. The maximum absolute atomic E-state index is 2.64. The molecule has 0 aliphatic heterocycles. The third-order valence-corrected chi connectivity index (χ3v) is 9.92. The molecule has 230 valence electrons. The second-order valence-electron chi connectivity index (χ2n) is 13.1. The summed E-state index contributed by atoms with van der Waals surface area (Å²) in [5, 5.41) is 7.62. The SMILES string of the molecule is CC1=CCC(N(C2=CC=CCC2C)c2cc3c4ccccc4c(N(c4ccccc4)c4ccc(C)cc4)cc3c3ccccc23)C=C1. The molecular weight excluding hydrogens is 569 g/mol. The van der Waals surface area contributed by atoms with Crippen LogP contribution >= 0.6 is 0 Å². The van der Waals surface area contributed by atoms with Crippen LogP contribution in [0.1, 0.15) is 32.3 Å². The summed E-state index contributed by atoms with van der Waals surface area (Å²) in [6, 6.07) is 42.8. The van der Waals surface area contributed by atoms with Gasteiger partial charge in [0.05, 0.1) is 11.7 Å². The fourth-order valence-electron chi connectivity index (χ4n) is 7.46. The minimum absolute atomic E-state index is 0.250. The second kappa shape index (κ2) is 12.1. The first-order valence-electron chi connectivity index (χ1n) is 16.9. The summed E-state index contributed by atoms with van der Waals surface area (Å²) in [4.78, 5) is 5.05. The highest BCUT2D eigenvalue weighted by molar-refractivity contribution is 6.24. The minimum atomic E-state index is 0.250. The molecule has 6 aromatic carbocycles. The number of nitrogens with zero attached hydrogens (tertiary/aromatic N) is 2. The van der Waals surface area contributed by atoms with Crippen LogP contribution in [0.25, 0.3) is 32.3 Å². The highest BCUT2D eigenvalue weighted by Crippen LogP contribution is 2.47. The summed E-state index contributed by atoms with van der Waals surface area (Å²) in [7, 11) is 0. The Balaban J connectivity index is 1.43. The van der Waals surface area contributed by atoms with Crippen LogP contribution < -0.4 is 9.80 Å². The molecule has 0 radical (unpaired) electrons. The van der Waals surface area contributed by atoms with Gasteiger partial charge in [-0.3, -0.25) is 0 Å². The zero-order chi connectivity index (χ0) is 31.9. The number of aryl methyl sites for hydroxylation is 1. The summed E-state index contributed by atoms with van der Waals surface area (Å²) >= 11 is 0. The molecule has 2 unspecified atom stereocenters. The molecule has 0 spiro atoms. The third-order valence-electron chi connectivity index (χ3n) is 9.92. The van der Waals surface area contributed by atoms with Crippen LogP contribution in [-0.4, -0.2) is 6.04 Å². The normalized spacial score (nSPS) is 17.6. The van der Waals surface area contributed by atoms with Gasteiger partial charge in [-0.25, -0.2) is 0 Å². The van der Waals surface area contributed by atoms with Crippen molar-refractivity contribution in [2.45, 2.75) is 39.7 Å². The molecule has 2 nitrogen and oxygen atoms in total. The minimum Gasteiger partial charge on any atom is -0.337 e. The molecule has 2 aliphatic rings. The van der Waals surface area contributed by atoms with Gasteiger partial charge in [0.15, 0.2) is 0 Å². The summed E-state index contributed by atoms with van der Waals surface area (Å²) < 4.78 is 0. The zero-order valence-electron chi connectivity index (χ0n) is 27.4. The Morgan fingerprint density at radius 3 is 1.83 bits per heavy atom. The molecule has 8 rings (SSSR count). The molecule has 0 fully saturated rings. The van der Waals surface area contributed by atoms with Crippen molar-refractivity contribution in [3.63, 3.8) is 0 Å². The van der Waals surface area contributed by atoms with Crippen LogP contribution in [-0.2, 0) is 0 Å². The van der Waals surface area contributed by atoms with Gasteiger partial charge in [-0.2, -0.15) is 0 Å². The summed E-state index contributed by atoms with van der Waals surface area (Å²) in [5.41, 5.74) is 8.73. The quantitative estimate of drug-likeness (QED) is 0.174. The summed E-state index contributed by atoms with van der Waals surface area (Å²) in [5.74, 6) is 0.433. The molecule has 0 amide bonds. The third kappa shape index (κ3) is 5.24. The largest absolute Gasteiger partial charge is 0.337 e. The Bertz CT molecular complexity index is 2230. The van der Waals surface area contributed by atoms with E-state index in [9.17, 15) is 0 Å². The first-order valence-corrected chi connectivity index (χ1v) is 16.9. The van der Waals surface area contributed by atoms with Gasteiger partial charge in [0.2, 0.25) is 0 Å². The molecular formula is C45H40N2. The predicted molar refractivity (Wildman–Crippen MR) is 203 cm³/mol. The van der Waals surface area contributed by atoms with Crippen molar-refractivity contribution in [2.75, 3.05) is 9.80 Å². The van der Waals surface area contributed by atoms with Gasteiger partial charge in [-0.1, -0.05) is 127 Å². The fraction of sp³-hybridized carbons (Fsp3) is 0.156. The molecule has 0 heterocycles. The molecule has 0 aromatic heterocycles. The van der Waals surface area contributed by atoms with E-state index in [1.807, 2.05) is 0 Å². The van der Waals surface area contributed by atoms with E-state index in [4.69, 9.17) is 0 Å². The van der Waals surface area contributed by atoms with Gasteiger partial charge >= 0.3 is 0 Å². The van der Waals surface area contributed by atoms with Gasteiger partial charge in [0.25, 0.3) is 0 Å². The standard InChI is InChI=1S/C45H40N2/c1-31-21-25-35(26-22-31)46(34-14-5-4-6-15-34)44-29-41-38-17-9-11-19-40(38)45(30-42(41)37-16-8-10-18-39(37)44)47(36-27-23-32(2)24-28-36)43-20-12-7-13-33(43)3/h4-12,14-27,29-30,33,36H,13,28H2,1-3H3. The molecule has 6 aromatic rings. The van der Waals surface area contributed by atoms with Crippen LogP contribution in [0, 0.1) is 12.8 Å². The summed E-state index contributed by atoms with van der Waals surface area (Å²) in [6.45, 7) is 6.72. The number of hydrogen-bond donors (Lipinski definition) is 0. The highest BCUT2D eigenvalue weighted by atomic mass is 15.2. The van der Waals surface area contributed by atoms with E-state index in [1.165, 1.54) is 60.5 Å². The first-order chi connectivity index (χ1) is 23.1. The van der Waals surface area contributed by atoms with Crippen molar-refractivity contribution in [2.24, 2.45) is 5.92 Å². The highest BCUT2D eigenvalue weighted by Gasteiger charge is 2.28. The van der Waals surface area contributed by atoms with Crippen molar-refractivity contribution >= 4 is 55.1 Å². The van der Waals surface area contributed by atoms with Gasteiger partial charge in [0.1, 0.15) is 0 Å². The van der Waals surface area contributed by atoms with E-state index in [2.05, 4.69) is 182 Å². The maximum Gasteiger partial charge on any atom is 0.0557 e. The van der Waals surface area contributed by atoms with Crippen LogP contribution in [0.3, 0.4) is 0 Å². The van der Waals surface area contributed by atoms with Crippen molar-refractivity contribution in [3.05, 3.63) is 169 Å². The molecule has 0 saturated carbocycles. The zero-order valence-corrected chi connectivity index (χ0v) is 27.4. The maximum atomic E-state index is 2.64. The van der Waals surface area contributed by atoms with Gasteiger partial charge in [0, 0.05) is 33.5 Å². The average molecular weight is 609 g/mol. The van der Waals surface area contributed by atoms with Crippen molar-refractivity contribution in [3.8, 4) is 0 Å². The Hall–Kier alpha value is -5.34. The molecule has 2 heteroatoms. The fourth-order valence-corrected chi connectivity index (χ4v) is 7.46. The molecule has 2 aliphatic carbocycles. The Kier molecular flexibility index (Phi) is 7.50. The second-order valence-corrected chi connectivity index (χ2v) is 13.1. The van der Waals surface area contributed by atoms with Crippen LogP contribution in [0.15, 0.2) is 163 Å². The van der Waals surface area contributed by atoms with E-state index >= 15 is 0 Å². The van der Waals surface area contributed by atoms with E-state index < -0.39 is 0 Å². The van der Waals surface area contributed by atoms with Gasteiger partial charge in [-0.05, 0) is 96.6 Å². The number of allylic oxidation sites excluding steroid dienone is 6. The van der Waals surface area contributed by atoms with E-state index in [0.717, 1.165) is 24.2 Å². The van der Waals surface area contributed by atoms with Crippen molar-refractivity contribution in [1.29, 1.82) is 0 Å². The van der Waals surface area contributed by atoms with Gasteiger partial charge < -0.3 is 9.80 Å². The van der Waals surface area contributed by atoms with Crippen LogP contribution in [0.5, 0.6) is 0 Å². The Morgan fingerprint density at radius 2 is 1.19 bits per heavy atom. The van der Waals surface area contributed by atoms with E-state index in [0.29, 0.717) is 5.92 Å². The smallest absolute Gasteiger partial charge is 0.0557 e. The van der Waals surface area contributed by atoms with Crippen molar-refractivity contribution < 1.29 is 0 Å². The lowest BCUT2D eigenvalue weighted by atomic mass is 9.90. The van der Waals surface area contributed by atoms with E-state index in [-0.39, 0.29) is 6.04 Å². The molecule has 0 saturated heterocycles. The number of benzene rings is 6. The molecule has 47 heavy (non-hydrogen) atoms. The first kappa shape index (κ1) is 29.1. The number of anilines is 4. The summed E-state index contributed by atoms with van der Waals surface area (Å²) in [6.07, 6.45) is 16.0. The van der Waals surface area contributed by atoms with Crippen LogP contribution in [0.2, 0.25) is 0 Å². The van der Waals surface area contributed by atoms with Crippen molar-refractivity contribution in [1.82, 2.24) is 0 Å². The Labute approximate surface area is 278 Å². The van der Waals surface area contributed by atoms with Crippen LogP contribution in [0.4, 0.5) is 22.7 Å². The lowest BCUT2D eigenvalue weighted by Gasteiger charge is -2.39. The topological polar surface area (TPSA) is 6.48 Å². The predicted octanol–water partition coefficient (Wildman–Crippen LogP) is 12.5. The van der Waals surface area contributed by atoms with Gasteiger partial charge in [-0.15, -0.1) is 0 Å².